The molecule has 0 aliphatic heterocycles. The lowest BCUT2D eigenvalue weighted by molar-refractivity contribution is 0.176. The molecular weight excluding hydrogens is 215 g/mol. The molecule has 82 valence electrons. The minimum absolute atomic E-state index is 0.144. The summed E-state index contributed by atoms with van der Waals surface area (Å²) < 4.78 is 4.89. The van der Waals surface area contributed by atoms with Crippen LogP contribution in [0.25, 0.3) is 0 Å². The molecule has 0 spiro atoms. The van der Waals surface area contributed by atoms with Crippen LogP contribution in [-0.2, 0) is 11.2 Å². The van der Waals surface area contributed by atoms with E-state index in [1.807, 2.05) is 0 Å². The van der Waals surface area contributed by atoms with Crippen molar-refractivity contribution in [1.29, 1.82) is 0 Å². The second kappa shape index (κ2) is 5.56. The largest absolute Gasteiger partial charge is 0.504 e. The maximum absolute atomic E-state index is 10.8. The number of carbonyl (C=O) groups excluding carboxylic acids is 1. The van der Waals surface area contributed by atoms with Crippen LogP contribution >= 0.6 is 8.58 Å². The molecule has 2 N–H and O–H groups in total. The second-order valence-electron chi connectivity index (χ2n) is 2.96. The van der Waals surface area contributed by atoms with Gasteiger partial charge < -0.3 is 14.9 Å². The van der Waals surface area contributed by atoms with Gasteiger partial charge in [0.2, 0.25) is 0 Å². The molecular formula is C10H13O4P. The molecule has 1 aromatic carbocycles. The van der Waals surface area contributed by atoms with E-state index in [0.29, 0.717) is 13.0 Å². The number of hydrogen-bond acceptors (Lipinski definition) is 4. The van der Waals surface area contributed by atoms with Crippen molar-refractivity contribution in [2.45, 2.75) is 6.42 Å². The van der Waals surface area contributed by atoms with Crippen LogP contribution in [0.15, 0.2) is 18.2 Å². The monoisotopic (exact) mass is 228 g/mol. The number of carbonyl (C=O) groups is 1. The van der Waals surface area contributed by atoms with Crippen molar-refractivity contribution >= 4 is 14.3 Å². The Kier molecular flexibility index (Phi) is 4.37. The van der Waals surface area contributed by atoms with Gasteiger partial charge in [0.05, 0.1) is 6.61 Å². The summed E-state index contributed by atoms with van der Waals surface area (Å²) >= 11 is 0. The fourth-order valence-electron chi connectivity index (χ4n) is 1.06. The first-order chi connectivity index (χ1) is 7.13. The summed E-state index contributed by atoms with van der Waals surface area (Å²) in [4.78, 5) is 10.8. The molecule has 1 atom stereocenters. The molecule has 5 heteroatoms. The zero-order valence-corrected chi connectivity index (χ0v) is 9.36. The third-order valence-electron chi connectivity index (χ3n) is 1.87. The molecule has 1 unspecified atom stereocenters. The van der Waals surface area contributed by atoms with Crippen molar-refractivity contribution in [3.05, 3.63) is 23.8 Å². The van der Waals surface area contributed by atoms with Gasteiger partial charge in [-0.05, 0) is 32.9 Å². The van der Waals surface area contributed by atoms with E-state index in [2.05, 4.69) is 0 Å². The van der Waals surface area contributed by atoms with Crippen LogP contribution in [0.1, 0.15) is 5.56 Å². The Hall–Kier alpha value is -1.28. The second-order valence-corrected chi connectivity index (χ2v) is 3.87. The first-order valence-electron chi connectivity index (χ1n) is 4.49. The van der Waals surface area contributed by atoms with Crippen LogP contribution in [0.5, 0.6) is 11.5 Å². The third kappa shape index (κ3) is 3.76. The Morgan fingerprint density at radius 3 is 2.73 bits per heavy atom. The maximum Gasteiger partial charge on any atom is 0.322 e. The van der Waals surface area contributed by atoms with E-state index in [9.17, 15) is 9.90 Å². The zero-order valence-electron chi connectivity index (χ0n) is 8.36. The van der Waals surface area contributed by atoms with Crippen LogP contribution in [0.4, 0.5) is 4.79 Å². The van der Waals surface area contributed by atoms with E-state index in [1.165, 1.54) is 12.1 Å². The summed E-state index contributed by atoms with van der Waals surface area (Å²) in [6.07, 6.45) is 0.532. The van der Waals surface area contributed by atoms with Gasteiger partial charge >= 0.3 is 5.71 Å². The van der Waals surface area contributed by atoms with Crippen LogP contribution < -0.4 is 0 Å². The minimum atomic E-state index is -0.210. The van der Waals surface area contributed by atoms with Crippen molar-refractivity contribution < 1.29 is 19.7 Å². The SMILES string of the molecule is CPC(=O)OCCc1ccc(O)c(O)c1. The molecule has 0 radical (unpaired) electrons. The summed E-state index contributed by atoms with van der Waals surface area (Å²) in [7, 11) is 0.144. The van der Waals surface area contributed by atoms with Crippen molar-refractivity contribution in [2.75, 3.05) is 13.3 Å². The predicted octanol–water partition coefficient (Wildman–Crippen LogP) is 2.09. The highest BCUT2D eigenvalue weighted by Crippen LogP contribution is 2.25. The average molecular weight is 228 g/mol. The van der Waals surface area contributed by atoms with Crippen LogP contribution in [0.3, 0.4) is 0 Å². The van der Waals surface area contributed by atoms with E-state index >= 15 is 0 Å². The molecule has 1 aromatic rings. The minimum Gasteiger partial charge on any atom is -0.504 e. The lowest BCUT2D eigenvalue weighted by Gasteiger charge is -2.04. The Morgan fingerprint density at radius 1 is 1.40 bits per heavy atom. The molecule has 1 rings (SSSR count). The molecule has 0 fully saturated rings. The summed E-state index contributed by atoms with van der Waals surface area (Å²) in [5.74, 6) is -0.304. The van der Waals surface area contributed by atoms with Gasteiger partial charge in [0, 0.05) is 6.42 Å². The summed E-state index contributed by atoms with van der Waals surface area (Å²) in [6.45, 7) is 2.05. The molecule has 0 bridgehead atoms. The Bertz CT molecular complexity index is 351. The fourth-order valence-corrected chi connectivity index (χ4v) is 1.30. The average Bonchev–Trinajstić information content (AvgIpc) is 2.23. The summed E-state index contributed by atoms with van der Waals surface area (Å²) in [6, 6.07) is 4.54. The molecule has 0 heterocycles. The summed E-state index contributed by atoms with van der Waals surface area (Å²) in [5.41, 5.74) is 0.607. The van der Waals surface area contributed by atoms with Gasteiger partial charge in [-0.25, -0.2) is 4.79 Å². The van der Waals surface area contributed by atoms with Gasteiger partial charge in [-0.1, -0.05) is 6.07 Å². The zero-order chi connectivity index (χ0) is 11.3. The Balaban J connectivity index is 2.44. The predicted molar refractivity (Wildman–Crippen MR) is 59.1 cm³/mol. The van der Waals surface area contributed by atoms with Crippen molar-refractivity contribution in [3.63, 3.8) is 0 Å². The van der Waals surface area contributed by atoms with E-state index < -0.39 is 0 Å². The molecule has 0 aromatic heterocycles. The highest BCUT2D eigenvalue weighted by Gasteiger charge is 2.02. The van der Waals surface area contributed by atoms with E-state index in [-0.39, 0.29) is 25.8 Å². The van der Waals surface area contributed by atoms with Crippen LogP contribution in [0, 0.1) is 0 Å². The standard InChI is InChI=1S/C10H13O4P/c1-15-10(13)14-5-4-7-2-3-8(11)9(12)6-7/h2-3,6,11-12,15H,4-5H2,1H3. The fraction of sp³-hybridized carbons (Fsp3) is 0.300. The van der Waals surface area contributed by atoms with Crippen LogP contribution in [0.2, 0.25) is 0 Å². The highest BCUT2D eigenvalue weighted by atomic mass is 31.1. The number of ether oxygens (including phenoxy) is 1. The number of aromatic hydroxyl groups is 2. The number of phenols is 2. The van der Waals surface area contributed by atoms with Gasteiger partial charge in [-0.3, -0.25) is 0 Å². The van der Waals surface area contributed by atoms with Crippen molar-refractivity contribution in [1.82, 2.24) is 0 Å². The van der Waals surface area contributed by atoms with E-state index in [1.54, 1.807) is 12.7 Å². The van der Waals surface area contributed by atoms with E-state index in [4.69, 9.17) is 9.84 Å². The van der Waals surface area contributed by atoms with Crippen molar-refractivity contribution in [3.8, 4) is 11.5 Å². The Morgan fingerprint density at radius 2 is 2.13 bits per heavy atom. The van der Waals surface area contributed by atoms with Gasteiger partial charge in [0.25, 0.3) is 0 Å². The molecule has 0 saturated heterocycles. The molecule has 0 aliphatic carbocycles. The normalized spacial score (nSPS) is 10.7. The van der Waals surface area contributed by atoms with Gasteiger partial charge in [0.15, 0.2) is 11.5 Å². The Labute approximate surface area is 89.7 Å². The smallest absolute Gasteiger partial charge is 0.322 e. The lowest BCUT2D eigenvalue weighted by Crippen LogP contribution is -2.00. The van der Waals surface area contributed by atoms with Gasteiger partial charge in [-0.15, -0.1) is 0 Å². The number of hydrogen-bond donors (Lipinski definition) is 2. The number of phenolic OH excluding ortho intramolecular Hbond substituents is 2. The van der Waals surface area contributed by atoms with Gasteiger partial charge in [0.1, 0.15) is 0 Å². The first-order valence-corrected chi connectivity index (χ1v) is 5.99. The first kappa shape index (κ1) is 11.8. The molecule has 4 nitrogen and oxygen atoms in total. The molecule has 0 saturated carbocycles. The molecule has 0 amide bonds. The molecule has 15 heavy (non-hydrogen) atoms. The van der Waals surface area contributed by atoms with Gasteiger partial charge in [-0.2, -0.15) is 0 Å². The maximum atomic E-state index is 10.8. The quantitative estimate of drug-likeness (QED) is 0.611. The highest BCUT2D eigenvalue weighted by molar-refractivity contribution is 7.56. The van der Waals surface area contributed by atoms with Crippen molar-refractivity contribution in [2.24, 2.45) is 0 Å². The number of rotatable bonds is 4. The third-order valence-corrected chi connectivity index (χ3v) is 2.42. The molecule has 0 aliphatic rings. The van der Waals surface area contributed by atoms with Crippen LogP contribution in [-0.4, -0.2) is 29.2 Å². The van der Waals surface area contributed by atoms with E-state index in [0.717, 1.165) is 5.56 Å². The number of benzene rings is 1. The summed E-state index contributed by atoms with van der Waals surface area (Å²) in [5, 5.41) is 18.3. The lowest BCUT2D eigenvalue weighted by atomic mass is 10.1. The topological polar surface area (TPSA) is 66.8 Å².